The van der Waals surface area contributed by atoms with Crippen molar-refractivity contribution in [2.24, 2.45) is 4.99 Å². The minimum absolute atomic E-state index is 0. The zero-order valence-electron chi connectivity index (χ0n) is 16.9. The van der Waals surface area contributed by atoms with Crippen LogP contribution in [-0.4, -0.2) is 61.7 Å². The molecule has 0 fully saturated rings. The van der Waals surface area contributed by atoms with Crippen molar-refractivity contribution >= 4 is 40.7 Å². The lowest BCUT2D eigenvalue weighted by molar-refractivity contribution is 0.177. The molecule has 0 aliphatic carbocycles. The number of aromatic nitrogens is 3. The lowest BCUT2D eigenvalue weighted by Gasteiger charge is -2.25. The summed E-state index contributed by atoms with van der Waals surface area (Å²) in [6, 6.07) is 0.241. The number of halogens is 1. The maximum atomic E-state index is 12.2. The lowest BCUT2D eigenvalue weighted by Crippen LogP contribution is -2.47. The fraction of sp³-hybridized carbons (Fsp3) is 0.824. The Kier molecular flexibility index (Phi) is 10.2. The minimum Gasteiger partial charge on any atom is -0.377 e. The van der Waals surface area contributed by atoms with Crippen molar-refractivity contribution in [3.8, 4) is 0 Å². The third kappa shape index (κ3) is 7.65. The Morgan fingerprint density at radius 1 is 1.44 bits per heavy atom. The van der Waals surface area contributed by atoms with Gasteiger partial charge in [-0.25, -0.2) is 9.67 Å². The molecule has 10 heteroatoms. The van der Waals surface area contributed by atoms with Gasteiger partial charge in [0.25, 0.3) is 0 Å². The predicted octanol–water partition coefficient (Wildman–Crippen LogP) is 1.46. The molecule has 0 aromatic carbocycles. The molecule has 27 heavy (non-hydrogen) atoms. The van der Waals surface area contributed by atoms with Gasteiger partial charge in [0.05, 0.1) is 13.1 Å². The van der Waals surface area contributed by atoms with Crippen LogP contribution in [0.15, 0.2) is 4.99 Å². The van der Waals surface area contributed by atoms with Crippen LogP contribution < -0.4 is 10.6 Å². The topological polar surface area (TPSA) is 93.4 Å². The van der Waals surface area contributed by atoms with Crippen molar-refractivity contribution in [2.75, 3.05) is 26.0 Å². The second-order valence-electron chi connectivity index (χ2n) is 7.36. The predicted molar refractivity (Wildman–Crippen MR) is 120 cm³/mol. The summed E-state index contributed by atoms with van der Waals surface area (Å²) in [6.07, 6.45) is 1.85. The highest BCUT2D eigenvalue weighted by Gasteiger charge is 2.22. The molecule has 1 aliphatic rings. The van der Waals surface area contributed by atoms with Gasteiger partial charge in [-0.15, -0.1) is 24.0 Å². The molecule has 0 spiro atoms. The van der Waals surface area contributed by atoms with Crippen molar-refractivity contribution in [1.82, 2.24) is 25.4 Å². The van der Waals surface area contributed by atoms with E-state index in [1.54, 1.807) is 7.11 Å². The molecule has 0 radical (unpaired) electrons. The van der Waals surface area contributed by atoms with E-state index in [0.717, 1.165) is 43.5 Å². The van der Waals surface area contributed by atoms with E-state index >= 15 is 0 Å². The quantitative estimate of drug-likeness (QED) is 0.327. The molecule has 0 saturated heterocycles. The summed E-state index contributed by atoms with van der Waals surface area (Å²) >= 11 is 0. The van der Waals surface area contributed by atoms with E-state index in [1.807, 2.05) is 32.4 Å². The summed E-state index contributed by atoms with van der Waals surface area (Å²) < 4.78 is 19.0. The van der Waals surface area contributed by atoms with E-state index in [1.165, 1.54) is 0 Å². The fourth-order valence-corrected chi connectivity index (χ4v) is 3.60. The largest absolute Gasteiger partial charge is 0.377 e. The van der Waals surface area contributed by atoms with E-state index in [4.69, 9.17) is 4.74 Å². The van der Waals surface area contributed by atoms with Crippen molar-refractivity contribution in [2.45, 2.75) is 64.5 Å². The van der Waals surface area contributed by atoms with Gasteiger partial charge in [-0.05, 0) is 34.1 Å². The van der Waals surface area contributed by atoms with Crippen molar-refractivity contribution in [1.29, 1.82) is 0 Å². The van der Waals surface area contributed by atoms with Gasteiger partial charge in [0.2, 0.25) is 0 Å². The summed E-state index contributed by atoms with van der Waals surface area (Å²) in [4.78, 5) is 9.09. The van der Waals surface area contributed by atoms with Gasteiger partial charge in [-0.2, -0.15) is 5.10 Å². The van der Waals surface area contributed by atoms with Gasteiger partial charge in [0.15, 0.2) is 11.8 Å². The number of aliphatic imine (C=N–C) groups is 1. The first-order valence-corrected chi connectivity index (χ1v) is 10.5. The fourth-order valence-electron chi connectivity index (χ4n) is 2.73. The average molecular weight is 512 g/mol. The lowest BCUT2D eigenvalue weighted by atomic mass is 10.1. The first-order valence-electron chi connectivity index (χ1n) is 9.18. The number of nitrogens with one attached hydrogen (secondary N) is 2. The van der Waals surface area contributed by atoms with Gasteiger partial charge in [0, 0.05) is 47.4 Å². The molecular weight excluding hydrogens is 479 g/mol. The zero-order valence-corrected chi connectivity index (χ0v) is 20.1. The number of ether oxygens (including phenoxy) is 1. The van der Waals surface area contributed by atoms with Crippen molar-refractivity contribution in [3.63, 3.8) is 0 Å². The van der Waals surface area contributed by atoms with Crippen LogP contribution in [0.4, 0.5) is 0 Å². The molecular formula is C17H33IN6O2S. The number of aryl methyl sites for hydroxylation is 1. The summed E-state index contributed by atoms with van der Waals surface area (Å²) in [5.74, 6) is 3.08. The molecule has 2 rings (SSSR count). The van der Waals surface area contributed by atoms with Crippen LogP contribution in [0.2, 0.25) is 0 Å². The summed E-state index contributed by atoms with van der Waals surface area (Å²) in [5.41, 5.74) is 0. The van der Waals surface area contributed by atoms with Gasteiger partial charge in [-0.3, -0.25) is 9.20 Å². The average Bonchev–Trinajstić information content (AvgIpc) is 2.96. The summed E-state index contributed by atoms with van der Waals surface area (Å²) in [6.45, 7) is 10.5. The molecule has 2 unspecified atom stereocenters. The van der Waals surface area contributed by atoms with E-state index in [-0.39, 0.29) is 34.8 Å². The highest BCUT2D eigenvalue weighted by Crippen LogP contribution is 2.14. The Balaban J connectivity index is 0.00000364. The Bertz CT molecular complexity index is 644. The molecule has 0 bridgehead atoms. The third-order valence-corrected chi connectivity index (χ3v) is 6.01. The van der Waals surface area contributed by atoms with Crippen LogP contribution in [0.5, 0.6) is 0 Å². The number of hydrogen-bond acceptors (Lipinski definition) is 5. The second-order valence-corrected chi connectivity index (χ2v) is 9.69. The Hall–Kier alpha value is -0.750. The first-order chi connectivity index (χ1) is 12.3. The number of hydrogen-bond donors (Lipinski definition) is 2. The van der Waals surface area contributed by atoms with Crippen LogP contribution in [0.3, 0.4) is 0 Å². The summed E-state index contributed by atoms with van der Waals surface area (Å²) in [7, 11) is 0.759. The molecule has 8 nitrogen and oxygen atoms in total. The smallest absolute Gasteiger partial charge is 0.191 e. The van der Waals surface area contributed by atoms with Gasteiger partial charge in [-0.1, -0.05) is 0 Å². The SMILES string of the molecule is CCNC(=NCCS(=O)C(C)(C)C)NC1CCc2nc(COC)nn2C1.I. The van der Waals surface area contributed by atoms with E-state index < -0.39 is 10.8 Å². The highest BCUT2D eigenvalue weighted by atomic mass is 127. The Morgan fingerprint density at radius 2 is 2.19 bits per heavy atom. The zero-order chi connectivity index (χ0) is 19.2. The van der Waals surface area contributed by atoms with Crippen LogP contribution >= 0.6 is 24.0 Å². The number of nitrogens with zero attached hydrogens (tertiary/aromatic N) is 4. The van der Waals surface area contributed by atoms with Gasteiger partial charge in [0.1, 0.15) is 12.4 Å². The molecule has 1 aliphatic heterocycles. The molecule has 156 valence electrons. The maximum absolute atomic E-state index is 12.2. The van der Waals surface area contributed by atoms with Crippen molar-refractivity contribution < 1.29 is 8.95 Å². The van der Waals surface area contributed by atoms with Crippen LogP contribution in [0.1, 0.15) is 45.8 Å². The van der Waals surface area contributed by atoms with E-state index in [0.29, 0.717) is 18.9 Å². The number of methoxy groups -OCH3 is 1. The van der Waals surface area contributed by atoms with Gasteiger partial charge < -0.3 is 15.4 Å². The number of guanidine groups is 1. The molecule has 0 amide bonds. The second kappa shape index (κ2) is 11.3. The number of rotatable bonds is 7. The Labute approximate surface area is 181 Å². The third-order valence-electron chi connectivity index (χ3n) is 4.09. The van der Waals surface area contributed by atoms with Crippen molar-refractivity contribution in [3.05, 3.63) is 11.6 Å². The molecule has 1 aromatic rings. The molecule has 2 heterocycles. The maximum Gasteiger partial charge on any atom is 0.191 e. The first kappa shape index (κ1) is 24.3. The van der Waals surface area contributed by atoms with E-state index in [9.17, 15) is 4.21 Å². The van der Waals surface area contributed by atoms with Crippen LogP contribution in [-0.2, 0) is 35.1 Å². The molecule has 2 atom stereocenters. The Morgan fingerprint density at radius 3 is 2.81 bits per heavy atom. The highest BCUT2D eigenvalue weighted by molar-refractivity contribution is 14.0. The molecule has 0 saturated carbocycles. The normalized spacial score (nSPS) is 18.4. The minimum atomic E-state index is -0.890. The monoisotopic (exact) mass is 512 g/mol. The molecule has 2 N–H and O–H groups in total. The number of fused-ring (bicyclic) bond motifs is 1. The van der Waals surface area contributed by atoms with E-state index in [2.05, 4.69) is 25.7 Å². The standard InChI is InChI=1S/C17H32N6O2S.HI/c1-6-18-16(19-9-10-26(24)17(2,3)4)20-13-7-8-15-21-14(12-25-5)22-23(15)11-13;/h13H,6-12H2,1-5H3,(H2,18,19,20);1H. The van der Waals surface area contributed by atoms with Crippen LogP contribution in [0, 0.1) is 0 Å². The van der Waals surface area contributed by atoms with Gasteiger partial charge >= 0.3 is 0 Å². The van der Waals surface area contributed by atoms with Crippen LogP contribution in [0.25, 0.3) is 0 Å². The molecule has 1 aromatic heterocycles. The summed E-state index contributed by atoms with van der Waals surface area (Å²) in [5, 5.41) is 11.2.